The van der Waals surface area contributed by atoms with E-state index in [1.165, 1.54) is 30.4 Å². The van der Waals surface area contributed by atoms with E-state index in [-0.39, 0.29) is 12.0 Å². The van der Waals surface area contributed by atoms with Crippen molar-refractivity contribution in [2.75, 3.05) is 69.9 Å². The first kappa shape index (κ1) is 29.3. The van der Waals surface area contributed by atoms with Crippen molar-refractivity contribution >= 4 is 35.3 Å². The highest BCUT2D eigenvalue weighted by atomic mass is 32.2. The monoisotopic (exact) mass is 601 g/mol. The molecule has 0 bridgehead atoms. The number of aliphatic imine (C=N–C) groups is 1. The summed E-state index contributed by atoms with van der Waals surface area (Å²) in [5.74, 6) is 3.16. The predicted molar refractivity (Wildman–Crippen MR) is 161 cm³/mol. The molecule has 0 radical (unpaired) electrons. The van der Waals surface area contributed by atoms with Gasteiger partial charge in [-0.2, -0.15) is 24.9 Å². The Balaban J connectivity index is 1.47. The second-order valence-electron chi connectivity index (χ2n) is 12.0. The van der Waals surface area contributed by atoms with Crippen LogP contribution in [0.1, 0.15) is 40.9 Å². The SMILES string of the molecule is Cc1c(Cc2c(CN3CCC4(CCSC4)C3)nc3c(N=CN(C)C)cc(N4CCOCC4)nn23)cccc1C(F)(F)F. The number of rotatable bonds is 7. The van der Waals surface area contributed by atoms with Crippen LogP contribution in [0.4, 0.5) is 24.7 Å². The van der Waals surface area contributed by atoms with Gasteiger partial charge in [0.1, 0.15) is 5.69 Å². The number of morpholine rings is 1. The molecule has 6 rings (SSSR count). The first-order valence-electron chi connectivity index (χ1n) is 14.5. The fourth-order valence-electron chi connectivity index (χ4n) is 6.31. The zero-order chi connectivity index (χ0) is 29.5. The van der Waals surface area contributed by atoms with Crippen molar-refractivity contribution in [1.82, 2.24) is 24.4 Å². The number of benzene rings is 1. The number of hydrogen-bond donors (Lipinski definition) is 0. The van der Waals surface area contributed by atoms with Gasteiger partial charge in [-0.15, -0.1) is 5.10 Å². The standard InChI is InChI=1S/C30H38F3N7OS/c1-21-22(5-4-6-23(21)30(31,32)33)15-26-25(17-38-9-7-29(18-38)8-14-42-19-29)35-28-24(34-20-37(2)3)16-27(36-40(26)28)39-10-12-41-13-11-39/h4-6,16,20H,7-15,17-19H2,1-3H3. The number of thioether (sulfide) groups is 1. The van der Waals surface area contributed by atoms with Gasteiger partial charge in [-0.25, -0.2) is 14.5 Å². The molecule has 0 aliphatic carbocycles. The zero-order valence-electron chi connectivity index (χ0n) is 24.5. The minimum atomic E-state index is -4.42. The van der Waals surface area contributed by atoms with E-state index in [1.807, 2.05) is 41.3 Å². The lowest BCUT2D eigenvalue weighted by atomic mass is 9.87. The first-order chi connectivity index (χ1) is 20.1. The van der Waals surface area contributed by atoms with E-state index in [0.29, 0.717) is 55.2 Å². The molecule has 226 valence electrons. The average molecular weight is 602 g/mol. The molecule has 8 nitrogen and oxygen atoms in total. The molecule has 42 heavy (non-hydrogen) atoms. The van der Waals surface area contributed by atoms with Gasteiger partial charge in [-0.1, -0.05) is 12.1 Å². The third-order valence-electron chi connectivity index (χ3n) is 8.68. The van der Waals surface area contributed by atoms with Gasteiger partial charge < -0.3 is 14.5 Å². The average Bonchev–Trinajstić information content (AvgIpc) is 3.68. The van der Waals surface area contributed by atoms with Gasteiger partial charge in [0.25, 0.3) is 0 Å². The molecular weight excluding hydrogens is 563 g/mol. The van der Waals surface area contributed by atoms with Crippen molar-refractivity contribution < 1.29 is 17.9 Å². The van der Waals surface area contributed by atoms with Crippen LogP contribution < -0.4 is 4.90 Å². The number of alkyl halides is 3. The molecule has 3 aliphatic heterocycles. The Morgan fingerprint density at radius 3 is 2.69 bits per heavy atom. The molecule has 5 heterocycles. The lowest BCUT2D eigenvalue weighted by molar-refractivity contribution is -0.138. The Bertz CT molecular complexity index is 1460. The summed E-state index contributed by atoms with van der Waals surface area (Å²) in [6, 6.07) is 6.39. The molecule has 1 unspecified atom stereocenters. The minimum absolute atomic E-state index is 0.240. The highest BCUT2D eigenvalue weighted by Gasteiger charge is 2.41. The van der Waals surface area contributed by atoms with Crippen LogP contribution in [0.2, 0.25) is 0 Å². The topological polar surface area (TPSA) is 61.5 Å². The maximum absolute atomic E-state index is 13.8. The number of fused-ring (bicyclic) bond motifs is 1. The molecule has 3 aromatic rings. The van der Waals surface area contributed by atoms with E-state index < -0.39 is 11.7 Å². The van der Waals surface area contributed by atoms with Gasteiger partial charge >= 0.3 is 6.18 Å². The van der Waals surface area contributed by atoms with E-state index in [4.69, 9.17) is 19.8 Å². The van der Waals surface area contributed by atoms with Gasteiger partial charge in [0.2, 0.25) is 0 Å². The summed E-state index contributed by atoms with van der Waals surface area (Å²) in [7, 11) is 3.82. The van der Waals surface area contributed by atoms with Crippen molar-refractivity contribution in [2.45, 2.75) is 38.9 Å². The number of aromatic nitrogens is 3. The Kier molecular flexibility index (Phi) is 8.14. The molecule has 3 saturated heterocycles. The molecule has 1 spiro atoms. The van der Waals surface area contributed by atoms with Crippen molar-refractivity contribution in [1.29, 1.82) is 0 Å². The van der Waals surface area contributed by atoms with Crippen molar-refractivity contribution in [3.05, 3.63) is 52.3 Å². The third kappa shape index (κ3) is 5.98. The molecule has 0 amide bonds. The van der Waals surface area contributed by atoms with E-state index in [1.54, 1.807) is 19.3 Å². The fraction of sp³-hybridized carbons (Fsp3) is 0.567. The predicted octanol–water partition coefficient (Wildman–Crippen LogP) is 5.03. The number of anilines is 1. The van der Waals surface area contributed by atoms with E-state index in [9.17, 15) is 13.2 Å². The zero-order valence-corrected chi connectivity index (χ0v) is 25.3. The number of hydrogen-bond acceptors (Lipinski definition) is 7. The van der Waals surface area contributed by atoms with Crippen molar-refractivity contribution in [3.63, 3.8) is 0 Å². The van der Waals surface area contributed by atoms with Crippen LogP contribution in [0, 0.1) is 12.3 Å². The fourth-order valence-corrected chi connectivity index (χ4v) is 7.85. The second kappa shape index (κ2) is 11.7. The number of halogens is 3. The second-order valence-corrected chi connectivity index (χ2v) is 13.1. The summed E-state index contributed by atoms with van der Waals surface area (Å²) in [5, 5.41) is 5.04. The lowest BCUT2D eigenvalue weighted by Gasteiger charge is -2.28. The molecule has 0 saturated carbocycles. The summed E-state index contributed by atoms with van der Waals surface area (Å²) in [5.41, 5.74) is 3.58. The molecule has 1 atom stereocenters. The summed E-state index contributed by atoms with van der Waals surface area (Å²) in [6.07, 6.45) is 0.0288. The minimum Gasteiger partial charge on any atom is -0.378 e. The number of ether oxygens (including phenoxy) is 1. The molecule has 2 aromatic heterocycles. The number of imidazole rings is 1. The van der Waals surface area contributed by atoms with E-state index in [2.05, 4.69) is 9.80 Å². The maximum Gasteiger partial charge on any atom is 0.416 e. The van der Waals surface area contributed by atoms with Crippen LogP contribution in [0.5, 0.6) is 0 Å². The molecule has 0 N–H and O–H groups in total. The van der Waals surface area contributed by atoms with Gasteiger partial charge in [0.15, 0.2) is 11.5 Å². The molecule has 3 aliphatic rings. The van der Waals surface area contributed by atoms with Crippen LogP contribution in [-0.2, 0) is 23.9 Å². The van der Waals surface area contributed by atoms with Crippen LogP contribution in [0.15, 0.2) is 29.3 Å². The highest BCUT2D eigenvalue weighted by Crippen LogP contribution is 2.44. The summed E-state index contributed by atoms with van der Waals surface area (Å²) in [6.45, 7) is 6.82. The molecule has 1 aromatic carbocycles. The Labute approximate surface area is 248 Å². The van der Waals surface area contributed by atoms with Crippen LogP contribution >= 0.6 is 11.8 Å². The van der Waals surface area contributed by atoms with Crippen LogP contribution in [-0.4, -0.2) is 95.7 Å². The van der Waals surface area contributed by atoms with Gasteiger partial charge in [0.05, 0.1) is 36.5 Å². The van der Waals surface area contributed by atoms with Crippen LogP contribution in [0.3, 0.4) is 0 Å². The first-order valence-corrected chi connectivity index (χ1v) is 15.7. The Morgan fingerprint density at radius 2 is 1.98 bits per heavy atom. The largest absolute Gasteiger partial charge is 0.416 e. The van der Waals surface area contributed by atoms with Gasteiger partial charge in [0, 0.05) is 58.5 Å². The smallest absolute Gasteiger partial charge is 0.378 e. The Hall–Kier alpha value is -2.83. The quantitative estimate of drug-likeness (QED) is 0.278. The molecule has 3 fully saturated rings. The molecular formula is C30H38F3N7OS. The van der Waals surface area contributed by atoms with Crippen molar-refractivity contribution in [2.24, 2.45) is 10.4 Å². The lowest BCUT2D eigenvalue weighted by Crippen LogP contribution is -2.37. The highest BCUT2D eigenvalue weighted by molar-refractivity contribution is 7.99. The summed E-state index contributed by atoms with van der Waals surface area (Å²) >= 11 is 2.04. The number of nitrogens with zero attached hydrogens (tertiary/aromatic N) is 7. The summed E-state index contributed by atoms with van der Waals surface area (Å²) in [4.78, 5) is 16.4. The van der Waals surface area contributed by atoms with E-state index in [0.717, 1.165) is 36.4 Å². The van der Waals surface area contributed by atoms with Crippen LogP contribution in [0.25, 0.3) is 5.65 Å². The van der Waals surface area contributed by atoms with Gasteiger partial charge in [-0.05, 0) is 54.7 Å². The summed E-state index contributed by atoms with van der Waals surface area (Å²) < 4.78 is 48.9. The number of likely N-dealkylation sites (tertiary alicyclic amines) is 1. The maximum atomic E-state index is 13.8. The normalized spacial score (nSPS) is 21.9. The Morgan fingerprint density at radius 1 is 1.17 bits per heavy atom. The third-order valence-corrected chi connectivity index (χ3v) is 9.98. The van der Waals surface area contributed by atoms with Gasteiger partial charge in [-0.3, -0.25) is 4.90 Å². The van der Waals surface area contributed by atoms with Crippen molar-refractivity contribution in [3.8, 4) is 0 Å². The molecule has 12 heteroatoms. The van der Waals surface area contributed by atoms with E-state index >= 15 is 0 Å².